The lowest BCUT2D eigenvalue weighted by atomic mass is 9.71. The van der Waals surface area contributed by atoms with Crippen LogP contribution in [0, 0.1) is 10.8 Å². The molecule has 0 fully saturated rings. The predicted molar refractivity (Wildman–Crippen MR) is 110 cm³/mol. The molecule has 0 atom stereocenters. The Hall–Kier alpha value is -2.07. The smallest absolute Gasteiger partial charge is 0.182 e. The van der Waals surface area contributed by atoms with Crippen molar-refractivity contribution >= 4 is 15.6 Å². The van der Waals surface area contributed by atoms with Crippen molar-refractivity contribution in [3.8, 4) is 0 Å². The molecule has 3 nitrogen and oxygen atoms in total. The Balaban J connectivity index is 2.00. The van der Waals surface area contributed by atoms with E-state index in [1.165, 1.54) is 5.57 Å². The van der Waals surface area contributed by atoms with Crippen molar-refractivity contribution in [2.24, 2.45) is 10.8 Å². The molecule has 2 aromatic carbocycles. The number of ether oxygens (including phenoxy) is 1. The van der Waals surface area contributed by atoms with Crippen LogP contribution in [0.15, 0.2) is 65.1 Å². The molecule has 0 unspecified atom stereocenters. The van der Waals surface area contributed by atoms with E-state index in [0.717, 1.165) is 16.9 Å². The fraction of sp³-hybridized carbons (Fsp3) is 0.391. The number of sulfone groups is 1. The molecule has 0 aromatic heterocycles. The van der Waals surface area contributed by atoms with E-state index in [-0.39, 0.29) is 16.6 Å². The van der Waals surface area contributed by atoms with Crippen LogP contribution in [0.25, 0.3) is 5.76 Å². The Kier molecular flexibility index (Phi) is 4.98. The summed E-state index contributed by atoms with van der Waals surface area (Å²) in [6, 6.07) is 16.3. The lowest BCUT2D eigenvalue weighted by molar-refractivity contribution is 0.213. The lowest BCUT2D eigenvalue weighted by Gasteiger charge is -2.30. The van der Waals surface area contributed by atoms with Crippen molar-refractivity contribution in [2.45, 2.75) is 45.3 Å². The molecule has 0 radical (unpaired) electrons. The summed E-state index contributed by atoms with van der Waals surface area (Å²) in [7, 11) is -3.38. The van der Waals surface area contributed by atoms with Crippen LogP contribution in [0.5, 0.6) is 0 Å². The van der Waals surface area contributed by atoms with E-state index < -0.39 is 9.84 Å². The first-order valence-corrected chi connectivity index (χ1v) is 10.9. The molecule has 3 rings (SSSR count). The molecule has 144 valence electrons. The van der Waals surface area contributed by atoms with Crippen molar-refractivity contribution in [1.29, 1.82) is 0 Å². The first-order chi connectivity index (χ1) is 12.5. The Morgan fingerprint density at radius 3 is 2.30 bits per heavy atom. The summed E-state index contributed by atoms with van der Waals surface area (Å²) in [6.07, 6.45) is 0. The van der Waals surface area contributed by atoms with Gasteiger partial charge in [-0.15, -0.1) is 0 Å². The molecule has 1 aliphatic heterocycles. The number of rotatable bonds is 4. The van der Waals surface area contributed by atoms with E-state index in [2.05, 4.69) is 34.6 Å². The summed E-state index contributed by atoms with van der Waals surface area (Å²) in [5.41, 5.74) is 2.93. The highest BCUT2D eigenvalue weighted by molar-refractivity contribution is 7.90. The highest BCUT2D eigenvalue weighted by Gasteiger charge is 2.41. The highest BCUT2D eigenvalue weighted by atomic mass is 32.2. The maximum Gasteiger partial charge on any atom is 0.182 e. The van der Waals surface area contributed by atoms with Crippen LogP contribution in [0.2, 0.25) is 0 Å². The fourth-order valence-corrected chi connectivity index (χ4v) is 5.38. The van der Waals surface area contributed by atoms with Crippen LogP contribution < -0.4 is 0 Å². The second kappa shape index (κ2) is 6.83. The molecule has 27 heavy (non-hydrogen) atoms. The van der Waals surface area contributed by atoms with Crippen LogP contribution in [-0.2, 0) is 20.3 Å². The molecule has 0 aliphatic carbocycles. The van der Waals surface area contributed by atoms with E-state index in [0.29, 0.717) is 11.5 Å². The van der Waals surface area contributed by atoms with E-state index in [9.17, 15) is 8.42 Å². The van der Waals surface area contributed by atoms with Gasteiger partial charge < -0.3 is 4.74 Å². The van der Waals surface area contributed by atoms with E-state index in [1.807, 2.05) is 30.3 Å². The molecule has 0 N–H and O–H groups in total. The first kappa shape index (κ1) is 19.7. The van der Waals surface area contributed by atoms with E-state index in [4.69, 9.17) is 4.74 Å². The second-order valence-electron chi connectivity index (χ2n) is 8.90. The third kappa shape index (κ3) is 4.11. The van der Waals surface area contributed by atoms with E-state index in [1.54, 1.807) is 24.3 Å². The lowest BCUT2D eigenvalue weighted by Crippen LogP contribution is -2.24. The third-order valence-electron chi connectivity index (χ3n) is 4.88. The molecular weight excluding hydrogens is 356 g/mol. The van der Waals surface area contributed by atoms with Gasteiger partial charge in [0, 0.05) is 11.0 Å². The van der Waals surface area contributed by atoms with Crippen molar-refractivity contribution in [3.63, 3.8) is 0 Å². The zero-order valence-electron chi connectivity index (χ0n) is 16.7. The maximum atomic E-state index is 12.7. The zero-order chi connectivity index (χ0) is 19.9. The summed E-state index contributed by atoms with van der Waals surface area (Å²) in [6.45, 7) is 11.6. The van der Waals surface area contributed by atoms with E-state index >= 15 is 0 Å². The molecular formula is C23H28O3S. The number of benzene rings is 2. The predicted octanol–water partition coefficient (Wildman–Crippen LogP) is 5.47. The Morgan fingerprint density at radius 1 is 1.00 bits per heavy atom. The number of hydrogen-bond acceptors (Lipinski definition) is 3. The average Bonchev–Trinajstić information content (AvgIpc) is 2.91. The van der Waals surface area contributed by atoms with Crippen LogP contribution in [0.3, 0.4) is 0 Å². The summed E-state index contributed by atoms with van der Waals surface area (Å²) in [5, 5.41) is 0. The molecule has 1 heterocycles. The zero-order valence-corrected chi connectivity index (χ0v) is 17.6. The van der Waals surface area contributed by atoms with Gasteiger partial charge in [0.25, 0.3) is 0 Å². The molecule has 4 heteroatoms. The van der Waals surface area contributed by atoms with Gasteiger partial charge in [-0.25, -0.2) is 8.42 Å². The average molecular weight is 385 g/mol. The second-order valence-corrected chi connectivity index (χ2v) is 10.9. The molecule has 0 amide bonds. The van der Waals surface area contributed by atoms with Gasteiger partial charge in [0.2, 0.25) is 0 Å². The molecule has 2 aromatic rings. The number of hydrogen-bond donors (Lipinski definition) is 0. The van der Waals surface area contributed by atoms with Crippen molar-refractivity contribution in [2.75, 3.05) is 6.61 Å². The minimum Gasteiger partial charge on any atom is -0.492 e. The van der Waals surface area contributed by atoms with Crippen LogP contribution >= 0.6 is 0 Å². The minimum atomic E-state index is -3.38. The maximum absolute atomic E-state index is 12.7. The van der Waals surface area contributed by atoms with Gasteiger partial charge in [-0.2, -0.15) is 0 Å². The van der Waals surface area contributed by atoms with Gasteiger partial charge >= 0.3 is 0 Å². The standard InChI is InChI=1S/C23H28O3S/c1-22(2,3)21-20(26-16-23(21,4)5)18-11-9-10-17(14-18)15-27(24,25)19-12-7-6-8-13-19/h6-14H,15-16H2,1-5H3. The quantitative estimate of drug-likeness (QED) is 0.701. The van der Waals surface area contributed by atoms with Gasteiger partial charge in [0.15, 0.2) is 9.84 Å². The van der Waals surface area contributed by atoms with Crippen molar-refractivity contribution < 1.29 is 13.2 Å². The monoisotopic (exact) mass is 384 g/mol. The summed E-state index contributed by atoms with van der Waals surface area (Å²) in [4.78, 5) is 0.350. The van der Waals surface area contributed by atoms with Crippen LogP contribution in [-0.4, -0.2) is 15.0 Å². The largest absolute Gasteiger partial charge is 0.492 e. The van der Waals surface area contributed by atoms with Gasteiger partial charge in [0.05, 0.1) is 17.3 Å². The Bertz CT molecular complexity index is 962. The van der Waals surface area contributed by atoms with Crippen LogP contribution in [0.4, 0.5) is 0 Å². The molecule has 0 saturated heterocycles. The fourth-order valence-electron chi connectivity index (χ4n) is 4.02. The topological polar surface area (TPSA) is 43.4 Å². The minimum absolute atomic E-state index is 0.0215. The summed E-state index contributed by atoms with van der Waals surface area (Å²) in [5.74, 6) is 0.873. The third-order valence-corrected chi connectivity index (χ3v) is 6.58. The van der Waals surface area contributed by atoms with Crippen molar-refractivity contribution in [1.82, 2.24) is 0 Å². The highest BCUT2D eigenvalue weighted by Crippen LogP contribution is 2.49. The van der Waals surface area contributed by atoms with Crippen LogP contribution in [0.1, 0.15) is 45.7 Å². The Morgan fingerprint density at radius 2 is 1.67 bits per heavy atom. The van der Waals surface area contributed by atoms with Crippen molar-refractivity contribution in [3.05, 3.63) is 71.3 Å². The SMILES string of the molecule is CC(C)(C)C1=C(c2cccc(CS(=O)(=O)c3ccccc3)c2)OCC1(C)C. The molecule has 0 bridgehead atoms. The summed E-state index contributed by atoms with van der Waals surface area (Å²) >= 11 is 0. The normalized spacial score (nSPS) is 17.1. The summed E-state index contributed by atoms with van der Waals surface area (Å²) < 4.78 is 31.5. The molecule has 0 spiro atoms. The first-order valence-electron chi connectivity index (χ1n) is 9.26. The molecule has 1 aliphatic rings. The van der Waals surface area contributed by atoms with Gasteiger partial charge in [-0.05, 0) is 34.8 Å². The van der Waals surface area contributed by atoms with Gasteiger partial charge in [-0.3, -0.25) is 0 Å². The Labute approximate surface area is 163 Å². The molecule has 0 saturated carbocycles. The van der Waals surface area contributed by atoms with Gasteiger partial charge in [0.1, 0.15) is 5.76 Å². The van der Waals surface area contributed by atoms with Gasteiger partial charge in [-0.1, -0.05) is 71.0 Å².